The molecule has 0 radical (unpaired) electrons. The van der Waals surface area contributed by atoms with Crippen molar-refractivity contribution in [1.29, 1.82) is 0 Å². The van der Waals surface area contributed by atoms with Crippen molar-refractivity contribution in [3.05, 3.63) is 82.2 Å². The van der Waals surface area contributed by atoms with E-state index >= 15 is 0 Å². The van der Waals surface area contributed by atoms with Crippen molar-refractivity contribution in [2.75, 3.05) is 6.61 Å². The minimum absolute atomic E-state index is 0.139. The minimum Gasteiger partial charge on any atom is -0.507 e. The highest BCUT2D eigenvalue weighted by Gasteiger charge is 2.19. The standard InChI is InChI=1S/C21H16N4O5/c1-2-30-16-6-3-13(4-7-16)18-10-20-22-11-14(12-24(20)23-18)21(27)17-9-15(25(28)29)5-8-19(17)26/h3-12,26H,2H2,1H3. The average Bonchev–Trinajstić information content (AvgIpc) is 3.17. The summed E-state index contributed by atoms with van der Waals surface area (Å²) in [5.74, 6) is -0.183. The Balaban J connectivity index is 1.68. The first-order valence-corrected chi connectivity index (χ1v) is 9.07. The Morgan fingerprint density at radius 2 is 1.97 bits per heavy atom. The van der Waals surface area contributed by atoms with E-state index in [2.05, 4.69) is 10.1 Å². The molecule has 2 aromatic carbocycles. The summed E-state index contributed by atoms with van der Waals surface area (Å²) in [7, 11) is 0. The highest BCUT2D eigenvalue weighted by molar-refractivity contribution is 6.10. The van der Waals surface area contributed by atoms with E-state index in [0.29, 0.717) is 17.9 Å². The quantitative estimate of drug-likeness (QED) is 0.296. The molecule has 2 aromatic heterocycles. The number of fused-ring (bicyclic) bond motifs is 1. The Labute approximate surface area is 170 Å². The van der Waals surface area contributed by atoms with Gasteiger partial charge in [0.1, 0.15) is 11.5 Å². The molecule has 1 N–H and O–H groups in total. The number of aromatic nitrogens is 3. The van der Waals surface area contributed by atoms with E-state index in [9.17, 15) is 20.0 Å². The van der Waals surface area contributed by atoms with Crippen molar-refractivity contribution >= 4 is 17.1 Å². The van der Waals surface area contributed by atoms with Crippen molar-refractivity contribution in [2.45, 2.75) is 6.92 Å². The van der Waals surface area contributed by atoms with Gasteiger partial charge in [-0.3, -0.25) is 14.9 Å². The maximum atomic E-state index is 12.8. The first kappa shape index (κ1) is 19.1. The zero-order chi connectivity index (χ0) is 21.3. The molecule has 30 heavy (non-hydrogen) atoms. The van der Waals surface area contributed by atoms with E-state index in [1.807, 2.05) is 31.2 Å². The topological polar surface area (TPSA) is 120 Å². The number of hydrogen-bond donors (Lipinski definition) is 1. The largest absolute Gasteiger partial charge is 0.507 e. The predicted molar refractivity (Wildman–Crippen MR) is 108 cm³/mol. The van der Waals surface area contributed by atoms with Crippen LogP contribution in [0.15, 0.2) is 60.9 Å². The van der Waals surface area contributed by atoms with Crippen LogP contribution < -0.4 is 4.74 Å². The molecule has 0 aliphatic rings. The van der Waals surface area contributed by atoms with Gasteiger partial charge in [0.25, 0.3) is 5.69 Å². The van der Waals surface area contributed by atoms with Crippen LogP contribution in [0, 0.1) is 10.1 Å². The fraction of sp³-hybridized carbons (Fsp3) is 0.0952. The number of ketones is 1. The SMILES string of the molecule is CCOc1ccc(-c2cc3ncc(C(=O)c4cc([N+](=O)[O-])ccc4O)cn3n2)cc1. The molecule has 2 heterocycles. The van der Waals surface area contributed by atoms with Gasteiger partial charge in [0.2, 0.25) is 0 Å². The molecule has 9 heteroatoms. The van der Waals surface area contributed by atoms with Crippen LogP contribution in [0.4, 0.5) is 5.69 Å². The number of ether oxygens (including phenoxy) is 1. The molecule has 150 valence electrons. The molecule has 0 amide bonds. The molecule has 4 aromatic rings. The van der Waals surface area contributed by atoms with Crippen LogP contribution in [-0.2, 0) is 0 Å². The van der Waals surface area contributed by atoms with E-state index in [1.165, 1.54) is 16.9 Å². The molecule has 4 rings (SSSR count). The Bertz CT molecular complexity index is 1260. The van der Waals surface area contributed by atoms with Gasteiger partial charge < -0.3 is 9.84 Å². The van der Waals surface area contributed by atoms with Gasteiger partial charge >= 0.3 is 0 Å². The van der Waals surface area contributed by atoms with Crippen molar-refractivity contribution in [1.82, 2.24) is 14.6 Å². The molecule has 0 atom stereocenters. The van der Waals surface area contributed by atoms with Gasteiger partial charge in [-0.05, 0) is 37.3 Å². The van der Waals surface area contributed by atoms with Crippen LogP contribution in [0.25, 0.3) is 16.9 Å². The lowest BCUT2D eigenvalue weighted by molar-refractivity contribution is -0.384. The highest BCUT2D eigenvalue weighted by Crippen LogP contribution is 2.26. The van der Waals surface area contributed by atoms with Gasteiger partial charge in [0.15, 0.2) is 11.4 Å². The summed E-state index contributed by atoms with van der Waals surface area (Å²) in [5, 5.41) is 25.4. The summed E-state index contributed by atoms with van der Waals surface area (Å²) in [6.07, 6.45) is 2.82. The molecule has 0 saturated heterocycles. The summed E-state index contributed by atoms with van der Waals surface area (Å²) in [6, 6.07) is 12.5. The smallest absolute Gasteiger partial charge is 0.270 e. The number of nitro benzene ring substituents is 1. The van der Waals surface area contributed by atoms with Gasteiger partial charge in [-0.25, -0.2) is 9.50 Å². The lowest BCUT2D eigenvalue weighted by Crippen LogP contribution is -2.05. The number of carbonyl (C=O) groups excluding carboxylic acids is 1. The fourth-order valence-corrected chi connectivity index (χ4v) is 3.00. The maximum Gasteiger partial charge on any atom is 0.270 e. The summed E-state index contributed by atoms with van der Waals surface area (Å²) < 4.78 is 6.89. The van der Waals surface area contributed by atoms with E-state index in [0.717, 1.165) is 29.5 Å². The zero-order valence-electron chi connectivity index (χ0n) is 15.8. The van der Waals surface area contributed by atoms with Crippen LogP contribution in [0.2, 0.25) is 0 Å². The zero-order valence-corrected chi connectivity index (χ0v) is 15.8. The number of phenolic OH excluding ortho intramolecular Hbond substituents is 1. The first-order chi connectivity index (χ1) is 14.5. The Morgan fingerprint density at radius 1 is 1.20 bits per heavy atom. The molecule has 0 aliphatic heterocycles. The van der Waals surface area contributed by atoms with Gasteiger partial charge in [0, 0.05) is 36.2 Å². The highest BCUT2D eigenvalue weighted by atomic mass is 16.6. The second-order valence-corrected chi connectivity index (χ2v) is 6.42. The number of carbonyl (C=O) groups is 1. The average molecular weight is 404 g/mol. The molecular weight excluding hydrogens is 388 g/mol. The van der Waals surface area contributed by atoms with Crippen molar-refractivity contribution < 1.29 is 19.6 Å². The third-order valence-electron chi connectivity index (χ3n) is 4.47. The van der Waals surface area contributed by atoms with Crippen LogP contribution in [0.3, 0.4) is 0 Å². The summed E-state index contributed by atoms with van der Waals surface area (Å²) in [6.45, 7) is 2.49. The molecule has 0 bridgehead atoms. The van der Waals surface area contributed by atoms with E-state index in [-0.39, 0.29) is 22.6 Å². The second-order valence-electron chi connectivity index (χ2n) is 6.42. The monoisotopic (exact) mass is 404 g/mol. The maximum absolute atomic E-state index is 12.8. The van der Waals surface area contributed by atoms with E-state index in [1.54, 1.807) is 6.07 Å². The number of nitrogens with zero attached hydrogens (tertiary/aromatic N) is 4. The lowest BCUT2D eigenvalue weighted by Gasteiger charge is -2.04. The molecule has 0 saturated carbocycles. The Hall–Kier alpha value is -4.27. The van der Waals surface area contributed by atoms with Crippen molar-refractivity contribution in [3.8, 4) is 22.8 Å². The third-order valence-corrected chi connectivity index (χ3v) is 4.47. The third kappa shape index (κ3) is 3.55. The van der Waals surface area contributed by atoms with Gasteiger partial charge in [-0.1, -0.05) is 0 Å². The van der Waals surface area contributed by atoms with Gasteiger partial charge in [0.05, 0.1) is 28.4 Å². The van der Waals surface area contributed by atoms with E-state index < -0.39 is 10.7 Å². The van der Waals surface area contributed by atoms with Crippen LogP contribution in [0.5, 0.6) is 11.5 Å². The van der Waals surface area contributed by atoms with Gasteiger partial charge in [-0.2, -0.15) is 5.10 Å². The number of benzene rings is 2. The summed E-state index contributed by atoms with van der Waals surface area (Å²) in [4.78, 5) is 27.4. The van der Waals surface area contributed by atoms with Crippen LogP contribution in [-0.4, -0.2) is 37.0 Å². The number of aromatic hydroxyl groups is 1. The fourth-order valence-electron chi connectivity index (χ4n) is 3.00. The molecule has 0 unspecified atom stereocenters. The molecular formula is C21H16N4O5. The number of rotatable bonds is 6. The minimum atomic E-state index is -0.631. The predicted octanol–water partition coefficient (Wildman–Crippen LogP) is 3.64. The second kappa shape index (κ2) is 7.63. The van der Waals surface area contributed by atoms with Crippen LogP contribution >= 0.6 is 0 Å². The normalized spacial score (nSPS) is 10.8. The number of hydrogen-bond acceptors (Lipinski definition) is 7. The van der Waals surface area contributed by atoms with Crippen molar-refractivity contribution in [2.24, 2.45) is 0 Å². The number of non-ortho nitro benzene ring substituents is 1. The molecule has 0 aliphatic carbocycles. The Morgan fingerprint density at radius 3 is 2.67 bits per heavy atom. The Kier molecular flexibility index (Phi) is 4.85. The van der Waals surface area contributed by atoms with E-state index in [4.69, 9.17) is 4.74 Å². The molecule has 0 fully saturated rings. The molecule has 0 spiro atoms. The first-order valence-electron chi connectivity index (χ1n) is 9.07. The number of phenols is 1. The van der Waals surface area contributed by atoms with Gasteiger partial charge in [-0.15, -0.1) is 0 Å². The summed E-state index contributed by atoms with van der Waals surface area (Å²) >= 11 is 0. The number of nitro groups is 1. The van der Waals surface area contributed by atoms with Crippen molar-refractivity contribution in [3.63, 3.8) is 0 Å². The lowest BCUT2D eigenvalue weighted by atomic mass is 10.0. The van der Waals surface area contributed by atoms with Crippen LogP contribution in [0.1, 0.15) is 22.8 Å². The summed E-state index contributed by atoms with van der Waals surface area (Å²) in [5.41, 5.74) is 1.71. The molecule has 9 nitrogen and oxygen atoms in total.